The van der Waals surface area contributed by atoms with Crippen LogP contribution in [-0.2, 0) is 6.42 Å². The average molecular weight is 315 g/mol. The number of nitrogens with zero attached hydrogens (tertiary/aromatic N) is 1. The molecule has 2 nitrogen and oxygen atoms in total. The summed E-state index contributed by atoms with van der Waals surface area (Å²) in [5.41, 5.74) is 1.87. The highest BCUT2D eigenvalue weighted by atomic mass is 79.9. The fourth-order valence-corrected chi connectivity index (χ4v) is 2.56. The van der Waals surface area contributed by atoms with Gasteiger partial charge in [0.2, 0.25) is 0 Å². The molecule has 17 heavy (non-hydrogen) atoms. The molecule has 0 aliphatic rings. The highest BCUT2D eigenvalue weighted by Gasteiger charge is 2.11. The second kappa shape index (κ2) is 5.23. The van der Waals surface area contributed by atoms with Crippen LogP contribution in [0.2, 0.25) is 5.02 Å². The van der Waals surface area contributed by atoms with E-state index in [4.69, 9.17) is 16.3 Å². The zero-order valence-electron chi connectivity index (χ0n) is 9.76. The van der Waals surface area contributed by atoms with Gasteiger partial charge in [-0.25, -0.2) is 0 Å². The van der Waals surface area contributed by atoms with Crippen LogP contribution in [0.5, 0.6) is 5.75 Å². The van der Waals surface area contributed by atoms with E-state index < -0.39 is 0 Å². The summed E-state index contributed by atoms with van der Waals surface area (Å²) in [5, 5.41) is 1.56. The van der Waals surface area contributed by atoms with Gasteiger partial charge in [-0.3, -0.25) is 4.98 Å². The number of hydrogen-bond donors (Lipinski definition) is 0. The quantitative estimate of drug-likeness (QED) is 0.825. The van der Waals surface area contributed by atoms with Crippen molar-refractivity contribution in [1.29, 1.82) is 0 Å². The molecule has 1 aromatic carbocycles. The largest absolute Gasteiger partial charge is 0.496 e. The minimum atomic E-state index is 0.691. The lowest BCUT2D eigenvalue weighted by Gasteiger charge is -2.10. The first-order valence-electron chi connectivity index (χ1n) is 5.49. The number of ether oxygens (including phenoxy) is 1. The molecule has 0 saturated heterocycles. The van der Waals surface area contributed by atoms with Crippen LogP contribution < -0.4 is 4.74 Å². The van der Waals surface area contributed by atoms with Crippen molar-refractivity contribution >= 4 is 38.4 Å². The summed E-state index contributed by atoms with van der Waals surface area (Å²) in [4.78, 5) is 4.62. The second-order valence-corrected chi connectivity index (χ2v) is 5.08. The monoisotopic (exact) mass is 313 g/mol. The van der Waals surface area contributed by atoms with Crippen LogP contribution >= 0.6 is 27.5 Å². The van der Waals surface area contributed by atoms with Crippen LogP contribution in [0, 0.1) is 0 Å². The van der Waals surface area contributed by atoms with Crippen molar-refractivity contribution in [3.05, 3.63) is 33.4 Å². The number of halogens is 2. The molecule has 0 unspecified atom stereocenters. The maximum Gasteiger partial charge on any atom is 0.129 e. The summed E-state index contributed by atoms with van der Waals surface area (Å²) < 4.78 is 6.26. The molecule has 0 N–H and O–H groups in total. The fraction of sp³-hybridized carbons (Fsp3) is 0.308. The number of rotatable bonds is 3. The van der Waals surface area contributed by atoms with Gasteiger partial charge in [-0.2, -0.15) is 0 Å². The number of fused-ring (bicyclic) bond motifs is 1. The normalized spacial score (nSPS) is 10.8. The predicted octanol–water partition coefficient (Wildman–Crippen LogP) is 4.61. The second-order valence-electron chi connectivity index (χ2n) is 3.82. The molecule has 90 valence electrons. The molecule has 2 rings (SSSR count). The van der Waals surface area contributed by atoms with Gasteiger partial charge in [-0.15, -0.1) is 0 Å². The van der Waals surface area contributed by atoms with Gasteiger partial charge < -0.3 is 4.74 Å². The third-order valence-corrected chi connectivity index (χ3v) is 3.54. The molecule has 0 saturated carbocycles. The van der Waals surface area contributed by atoms with E-state index in [1.165, 1.54) is 0 Å². The summed E-state index contributed by atoms with van der Waals surface area (Å²) in [7, 11) is 1.64. The van der Waals surface area contributed by atoms with Gasteiger partial charge in [-0.05, 0) is 40.5 Å². The summed E-state index contributed by atoms with van der Waals surface area (Å²) in [6.45, 7) is 2.13. The first kappa shape index (κ1) is 12.7. The summed E-state index contributed by atoms with van der Waals surface area (Å²) in [6, 6.07) is 5.74. The van der Waals surface area contributed by atoms with Crippen LogP contribution in [0.25, 0.3) is 10.9 Å². The van der Waals surface area contributed by atoms with Crippen LogP contribution in [0.4, 0.5) is 0 Å². The Labute approximate surface area is 114 Å². The van der Waals surface area contributed by atoms with Gasteiger partial charge in [0.1, 0.15) is 5.75 Å². The van der Waals surface area contributed by atoms with E-state index in [2.05, 4.69) is 27.8 Å². The van der Waals surface area contributed by atoms with Crippen molar-refractivity contribution in [3.8, 4) is 5.75 Å². The Morgan fingerprint density at radius 3 is 2.82 bits per heavy atom. The molecular formula is C13H13BrClNO. The number of hydrogen-bond acceptors (Lipinski definition) is 2. The maximum absolute atomic E-state index is 6.31. The number of methoxy groups -OCH3 is 1. The van der Waals surface area contributed by atoms with E-state index in [1.807, 2.05) is 18.2 Å². The molecule has 0 spiro atoms. The molecule has 0 atom stereocenters. The summed E-state index contributed by atoms with van der Waals surface area (Å²) in [5.74, 6) is 0.753. The molecule has 0 radical (unpaired) electrons. The number of pyridine rings is 1. The number of aryl methyl sites for hydroxylation is 1. The Kier molecular flexibility index (Phi) is 3.89. The van der Waals surface area contributed by atoms with Gasteiger partial charge in [0.15, 0.2) is 0 Å². The van der Waals surface area contributed by atoms with Gasteiger partial charge in [0, 0.05) is 10.2 Å². The number of benzene rings is 1. The van der Waals surface area contributed by atoms with E-state index in [0.29, 0.717) is 5.02 Å². The van der Waals surface area contributed by atoms with Crippen LogP contribution in [0.3, 0.4) is 0 Å². The van der Waals surface area contributed by atoms with Crippen molar-refractivity contribution in [1.82, 2.24) is 4.98 Å². The minimum absolute atomic E-state index is 0.691. The Balaban J connectivity index is 2.74. The van der Waals surface area contributed by atoms with Gasteiger partial charge in [-0.1, -0.05) is 24.9 Å². The van der Waals surface area contributed by atoms with E-state index >= 15 is 0 Å². The third-order valence-electron chi connectivity index (χ3n) is 2.60. The molecule has 2 aromatic rings. The van der Waals surface area contributed by atoms with Crippen molar-refractivity contribution in [2.24, 2.45) is 0 Å². The van der Waals surface area contributed by atoms with Gasteiger partial charge >= 0.3 is 0 Å². The zero-order valence-corrected chi connectivity index (χ0v) is 12.1. The highest BCUT2D eigenvalue weighted by Crippen LogP contribution is 2.35. The van der Waals surface area contributed by atoms with Crippen molar-refractivity contribution in [3.63, 3.8) is 0 Å². The summed E-state index contributed by atoms with van der Waals surface area (Å²) in [6.07, 6.45) is 1.98. The molecular weight excluding hydrogens is 302 g/mol. The standard InChI is InChI=1S/C13H13BrClNO/c1-3-4-8-7-10(15)12-11(17-2)6-5-9(14)13(12)16-8/h5-7H,3-4H2,1-2H3. The average Bonchev–Trinajstić information content (AvgIpc) is 2.31. The van der Waals surface area contributed by atoms with Crippen molar-refractivity contribution in [2.75, 3.05) is 7.11 Å². The van der Waals surface area contributed by atoms with Gasteiger partial charge in [0.25, 0.3) is 0 Å². The molecule has 1 heterocycles. The molecule has 4 heteroatoms. The predicted molar refractivity (Wildman–Crippen MR) is 75.0 cm³/mol. The molecule has 1 aromatic heterocycles. The van der Waals surface area contributed by atoms with Crippen molar-refractivity contribution < 1.29 is 4.74 Å². The Bertz CT molecular complexity index is 557. The highest BCUT2D eigenvalue weighted by molar-refractivity contribution is 9.10. The Morgan fingerprint density at radius 1 is 1.41 bits per heavy atom. The van der Waals surface area contributed by atoms with Crippen LogP contribution in [0.15, 0.2) is 22.7 Å². The maximum atomic E-state index is 6.31. The molecule has 0 bridgehead atoms. The van der Waals surface area contributed by atoms with Crippen molar-refractivity contribution in [2.45, 2.75) is 19.8 Å². The Morgan fingerprint density at radius 2 is 2.18 bits per heavy atom. The molecule has 0 fully saturated rings. The summed E-state index contributed by atoms with van der Waals surface area (Å²) >= 11 is 9.82. The SMILES string of the molecule is CCCc1cc(Cl)c2c(OC)ccc(Br)c2n1. The van der Waals surface area contributed by atoms with E-state index in [1.54, 1.807) is 7.11 Å². The first-order valence-corrected chi connectivity index (χ1v) is 6.66. The third kappa shape index (κ3) is 2.40. The Hall–Kier alpha value is -0.800. The van der Waals surface area contributed by atoms with Crippen LogP contribution in [0.1, 0.15) is 19.0 Å². The first-order chi connectivity index (χ1) is 8.17. The lowest BCUT2D eigenvalue weighted by Crippen LogP contribution is -1.94. The number of aromatic nitrogens is 1. The zero-order chi connectivity index (χ0) is 12.4. The van der Waals surface area contributed by atoms with Crippen LogP contribution in [-0.4, -0.2) is 12.1 Å². The van der Waals surface area contributed by atoms with E-state index in [-0.39, 0.29) is 0 Å². The smallest absolute Gasteiger partial charge is 0.129 e. The van der Waals surface area contributed by atoms with Gasteiger partial charge in [0.05, 0.1) is 23.0 Å². The minimum Gasteiger partial charge on any atom is -0.496 e. The molecule has 0 aliphatic carbocycles. The molecule has 0 amide bonds. The topological polar surface area (TPSA) is 22.1 Å². The molecule has 0 aliphatic heterocycles. The van der Waals surface area contributed by atoms with E-state index in [0.717, 1.165) is 39.7 Å². The fourth-order valence-electron chi connectivity index (χ4n) is 1.84. The lowest BCUT2D eigenvalue weighted by molar-refractivity contribution is 0.419. The lowest BCUT2D eigenvalue weighted by atomic mass is 10.1. The van der Waals surface area contributed by atoms with E-state index in [9.17, 15) is 0 Å².